The Bertz CT molecular complexity index is 388. The number of rotatable bonds is 4. The van der Waals surface area contributed by atoms with E-state index in [9.17, 15) is 4.79 Å². The maximum Gasteiger partial charge on any atom is 0.707 e. The molecule has 0 aromatic carbocycles. The predicted octanol–water partition coefficient (Wildman–Crippen LogP) is -0.281. The quantitative estimate of drug-likeness (QED) is 0.500. The number of carbonyl (C=O) groups excluding carboxylic acids is 1. The van der Waals surface area contributed by atoms with E-state index in [0.717, 1.165) is 0 Å². The molecule has 0 unspecified atom stereocenters. The summed E-state index contributed by atoms with van der Waals surface area (Å²) in [4.78, 5) is 14.5. The van der Waals surface area contributed by atoms with Crippen LogP contribution in [0.3, 0.4) is 0 Å². The van der Waals surface area contributed by atoms with Crippen LogP contribution in [0.4, 0.5) is 0 Å². The molecule has 0 fully saturated rings. The topological polar surface area (TPSA) is 91.7 Å². The third-order valence-electron chi connectivity index (χ3n) is 1.66. The van der Waals surface area contributed by atoms with Gasteiger partial charge in [0.15, 0.2) is 0 Å². The standard InChI is InChI=1S/C8H10BClN2O4/c1-5(13)11-3-6-2-7(16-9(14)15)4-12-8(6)10/h2,4,14-15H,3H2,1H3,(H,11,13). The summed E-state index contributed by atoms with van der Waals surface area (Å²) in [6.07, 6.45) is 1.25. The van der Waals surface area contributed by atoms with Crippen molar-refractivity contribution in [3.63, 3.8) is 0 Å². The molecule has 3 N–H and O–H groups in total. The van der Waals surface area contributed by atoms with Crippen molar-refractivity contribution in [1.82, 2.24) is 10.3 Å². The first kappa shape index (κ1) is 12.8. The van der Waals surface area contributed by atoms with E-state index in [1.807, 2.05) is 0 Å². The summed E-state index contributed by atoms with van der Waals surface area (Å²) in [6.45, 7) is 1.57. The molecule has 1 aromatic heterocycles. The highest BCUT2D eigenvalue weighted by atomic mass is 35.5. The molecule has 8 heteroatoms. The molecular formula is C8H10BClN2O4. The molecule has 0 aliphatic carbocycles. The van der Waals surface area contributed by atoms with Crippen molar-refractivity contribution in [3.05, 3.63) is 23.0 Å². The Morgan fingerprint density at radius 2 is 2.38 bits per heavy atom. The Morgan fingerprint density at radius 3 is 2.94 bits per heavy atom. The fourth-order valence-corrected chi connectivity index (χ4v) is 1.17. The monoisotopic (exact) mass is 244 g/mol. The van der Waals surface area contributed by atoms with Gasteiger partial charge in [0.2, 0.25) is 5.91 Å². The lowest BCUT2D eigenvalue weighted by molar-refractivity contribution is -0.119. The smallest absolute Gasteiger partial charge is 0.511 e. The fraction of sp³-hybridized carbons (Fsp3) is 0.250. The van der Waals surface area contributed by atoms with Gasteiger partial charge in [-0.1, -0.05) is 11.6 Å². The normalized spacial score (nSPS) is 9.75. The number of amides is 1. The number of hydrogen-bond acceptors (Lipinski definition) is 5. The van der Waals surface area contributed by atoms with Gasteiger partial charge in [0.1, 0.15) is 10.9 Å². The minimum atomic E-state index is -1.92. The van der Waals surface area contributed by atoms with Crippen LogP contribution in [0.25, 0.3) is 0 Å². The van der Waals surface area contributed by atoms with E-state index in [2.05, 4.69) is 15.0 Å². The van der Waals surface area contributed by atoms with E-state index in [4.69, 9.17) is 21.6 Å². The Hall–Kier alpha value is -1.31. The van der Waals surface area contributed by atoms with E-state index >= 15 is 0 Å². The van der Waals surface area contributed by atoms with Crippen LogP contribution in [-0.2, 0) is 11.3 Å². The second-order valence-electron chi connectivity index (χ2n) is 2.97. The van der Waals surface area contributed by atoms with Gasteiger partial charge < -0.3 is 20.0 Å². The molecule has 16 heavy (non-hydrogen) atoms. The molecule has 0 radical (unpaired) electrons. The molecule has 1 heterocycles. The van der Waals surface area contributed by atoms with E-state index in [0.29, 0.717) is 5.56 Å². The van der Waals surface area contributed by atoms with Crippen molar-refractivity contribution in [1.29, 1.82) is 0 Å². The number of aromatic nitrogens is 1. The maximum absolute atomic E-state index is 10.7. The molecule has 0 saturated carbocycles. The number of nitrogens with one attached hydrogen (secondary N) is 1. The van der Waals surface area contributed by atoms with Gasteiger partial charge in [-0.25, -0.2) is 4.98 Å². The molecule has 86 valence electrons. The zero-order valence-electron chi connectivity index (χ0n) is 8.48. The van der Waals surface area contributed by atoms with Crippen molar-refractivity contribution < 1.29 is 19.5 Å². The average Bonchev–Trinajstić information content (AvgIpc) is 2.18. The van der Waals surface area contributed by atoms with Crippen LogP contribution in [-0.4, -0.2) is 28.3 Å². The molecule has 0 spiro atoms. The number of pyridine rings is 1. The Labute approximate surface area is 97.4 Å². The number of hydrogen-bond donors (Lipinski definition) is 3. The summed E-state index contributed by atoms with van der Waals surface area (Å²) in [6, 6.07) is 1.46. The third kappa shape index (κ3) is 4.05. The molecule has 6 nitrogen and oxygen atoms in total. The van der Waals surface area contributed by atoms with Gasteiger partial charge in [0.05, 0.1) is 6.20 Å². The molecule has 1 aromatic rings. The van der Waals surface area contributed by atoms with Crippen LogP contribution in [0.1, 0.15) is 12.5 Å². The van der Waals surface area contributed by atoms with Crippen LogP contribution in [0.15, 0.2) is 12.3 Å². The average molecular weight is 244 g/mol. The first-order chi connectivity index (χ1) is 7.49. The first-order valence-corrected chi connectivity index (χ1v) is 4.78. The van der Waals surface area contributed by atoms with Crippen molar-refractivity contribution >= 4 is 24.8 Å². The summed E-state index contributed by atoms with van der Waals surface area (Å²) in [5, 5.41) is 19.9. The molecule has 0 aliphatic rings. The number of nitrogens with zero attached hydrogens (tertiary/aromatic N) is 1. The van der Waals surface area contributed by atoms with E-state index in [1.165, 1.54) is 19.2 Å². The van der Waals surface area contributed by atoms with Crippen molar-refractivity contribution in [2.75, 3.05) is 0 Å². The molecule has 1 amide bonds. The summed E-state index contributed by atoms with van der Waals surface area (Å²) < 4.78 is 4.59. The largest absolute Gasteiger partial charge is 0.707 e. The SMILES string of the molecule is CC(=O)NCc1cc(OB(O)O)cnc1Cl. The van der Waals surface area contributed by atoms with Gasteiger partial charge in [0.25, 0.3) is 0 Å². The summed E-state index contributed by atoms with van der Waals surface area (Å²) in [5.74, 6) is -0.0515. The van der Waals surface area contributed by atoms with Crippen LogP contribution in [0.5, 0.6) is 5.75 Å². The Morgan fingerprint density at radius 1 is 1.69 bits per heavy atom. The van der Waals surface area contributed by atoms with Crippen LogP contribution >= 0.6 is 11.6 Å². The second-order valence-corrected chi connectivity index (χ2v) is 3.33. The van der Waals surface area contributed by atoms with E-state index < -0.39 is 7.32 Å². The van der Waals surface area contributed by atoms with E-state index in [-0.39, 0.29) is 23.4 Å². The molecule has 0 bridgehead atoms. The zero-order valence-corrected chi connectivity index (χ0v) is 9.23. The molecular weight excluding hydrogens is 234 g/mol. The van der Waals surface area contributed by atoms with Gasteiger partial charge in [-0.3, -0.25) is 4.79 Å². The molecule has 0 atom stereocenters. The van der Waals surface area contributed by atoms with Gasteiger partial charge >= 0.3 is 7.32 Å². The second kappa shape index (κ2) is 5.69. The van der Waals surface area contributed by atoms with Gasteiger partial charge in [-0.05, 0) is 6.07 Å². The van der Waals surface area contributed by atoms with Gasteiger partial charge in [-0.15, -0.1) is 0 Å². The van der Waals surface area contributed by atoms with Crippen molar-refractivity contribution in [2.45, 2.75) is 13.5 Å². The van der Waals surface area contributed by atoms with Crippen LogP contribution < -0.4 is 9.97 Å². The van der Waals surface area contributed by atoms with Gasteiger partial charge in [-0.2, -0.15) is 0 Å². The lowest BCUT2D eigenvalue weighted by atomic mass is 10.2. The Kier molecular flexibility index (Phi) is 4.54. The molecule has 0 saturated heterocycles. The summed E-state index contributed by atoms with van der Waals surface area (Å²) in [7, 11) is -1.92. The van der Waals surface area contributed by atoms with Crippen molar-refractivity contribution in [2.24, 2.45) is 0 Å². The fourth-order valence-electron chi connectivity index (χ4n) is 1.00. The maximum atomic E-state index is 10.7. The highest BCUT2D eigenvalue weighted by Crippen LogP contribution is 2.19. The van der Waals surface area contributed by atoms with Crippen LogP contribution in [0, 0.1) is 0 Å². The minimum absolute atomic E-state index is 0.153. The molecule has 1 rings (SSSR count). The Balaban J connectivity index is 2.77. The predicted molar refractivity (Wildman–Crippen MR) is 57.6 cm³/mol. The highest BCUT2D eigenvalue weighted by Gasteiger charge is 2.13. The minimum Gasteiger partial charge on any atom is -0.511 e. The van der Waals surface area contributed by atoms with Crippen molar-refractivity contribution in [3.8, 4) is 5.75 Å². The van der Waals surface area contributed by atoms with Crippen LogP contribution in [0.2, 0.25) is 5.15 Å². The zero-order chi connectivity index (χ0) is 12.1. The van der Waals surface area contributed by atoms with E-state index in [1.54, 1.807) is 0 Å². The number of carbonyl (C=O) groups is 1. The lowest BCUT2D eigenvalue weighted by Gasteiger charge is -2.08. The summed E-state index contributed by atoms with van der Waals surface area (Å²) in [5.41, 5.74) is 0.523. The first-order valence-electron chi connectivity index (χ1n) is 4.40. The summed E-state index contributed by atoms with van der Waals surface area (Å²) >= 11 is 5.77. The number of halogens is 1. The van der Waals surface area contributed by atoms with Gasteiger partial charge in [0, 0.05) is 19.0 Å². The highest BCUT2D eigenvalue weighted by molar-refractivity contribution is 6.33. The molecule has 0 aliphatic heterocycles. The lowest BCUT2D eigenvalue weighted by Crippen LogP contribution is -2.22. The third-order valence-corrected chi connectivity index (χ3v) is 2.00.